The van der Waals surface area contributed by atoms with Gasteiger partial charge in [0.1, 0.15) is 6.10 Å². The second-order valence-electron chi connectivity index (χ2n) is 2.78. The number of hydrogen-bond acceptors (Lipinski definition) is 5. The number of ether oxygens (including phenoxy) is 1. The second kappa shape index (κ2) is 5.46. The van der Waals surface area contributed by atoms with Crippen LogP contribution in [0, 0.1) is 0 Å². The molecule has 0 aliphatic carbocycles. The third kappa shape index (κ3) is 3.17. The van der Waals surface area contributed by atoms with Gasteiger partial charge in [-0.05, 0) is 19.1 Å². The Labute approximate surface area is 96.1 Å². The van der Waals surface area contributed by atoms with Crippen LogP contribution in [-0.2, 0) is 9.53 Å². The Morgan fingerprint density at radius 1 is 1.60 bits per heavy atom. The number of halogens is 1. The maximum Gasteiger partial charge on any atom is 0.338 e. The third-order valence-corrected chi connectivity index (χ3v) is 3.01. The van der Waals surface area contributed by atoms with E-state index < -0.39 is 18.2 Å². The molecular weight excluding hydrogens is 240 g/mol. The van der Waals surface area contributed by atoms with Crippen molar-refractivity contribution in [2.45, 2.75) is 19.1 Å². The zero-order chi connectivity index (χ0) is 11.4. The van der Waals surface area contributed by atoms with E-state index in [1.165, 1.54) is 0 Å². The summed E-state index contributed by atoms with van der Waals surface area (Å²) >= 11 is 6.77. The molecule has 84 valence electrons. The summed E-state index contributed by atoms with van der Waals surface area (Å²) in [6.07, 6.45) is -2.86. The fraction of sp³-hybridized carbons (Fsp3) is 0.444. The Kier molecular flexibility index (Phi) is 4.53. The van der Waals surface area contributed by atoms with Crippen LogP contribution in [0.25, 0.3) is 0 Å². The first-order chi connectivity index (χ1) is 7.06. The predicted octanol–water partition coefficient (Wildman–Crippen LogP) is 1.36. The van der Waals surface area contributed by atoms with Gasteiger partial charge in [-0.2, -0.15) is 0 Å². The number of thiophene rings is 1. The lowest BCUT2D eigenvalue weighted by molar-refractivity contribution is -0.159. The standard InChI is InChI=1S/C9H11ClO4S/c1-2-14-9(13)8(12)7(11)5-3-4-6(10)15-5/h3-4,7-8,11-12H,2H2,1H3. The summed E-state index contributed by atoms with van der Waals surface area (Å²) < 4.78 is 5.06. The average Bonchev–Trinajstić information content (AvgIpc) is 2.63. The summed E-state index contributed by atoms with van der Waals surface area (Å²) in [4.78, 5) is 11.5. The van der Waals surface area contributed by atoms with E-state index in [1.807, 2.05) is 0 Å². The lowest BCUT2D eigenvalue weighted by Crippen LogP contribution is -2.29. The Morgan fingerprint density at radius 3 is 2.73 bits per heavy atom. The lowest BCUT2D eigenvalue weighted by Gasteiger charge is -2.14. The molecular formula is C9H11ClO4S. The molecule has 0 spiro atoms. The number of carbonyl (C=O) groups is 1. The summed E-state index contributed by atoms with van der Waals surface area (Å²) in [5, 5.41) is 19.0. The van der Waals surface area contributed by atoms with Crippen LogP contribution >= 0.6 is 22.9 Å². The molecule has 1 aromatic rings. The van der Waals surface area contributed by atoms with E-state index in [0.29, 0.717) is 9.21 Å². The van der Waals surface area contributed by atoms with Crippen LogP contribution in [0.2, 0.25) is 4.34 Å². The number of hydrogen-bond donors (Lipinski definition) is 2. The first-order valence-corrected chi connectivity index (χ1v) is 5.53. The average molecular weight is 251 g/mol. The number of carbonyl (C=O) groups excluding carboxylic acids is 1. The minimum Gasteiger partial charge on any atom is -0.464 e. The zero-order valence-corrected chi connectivity index (χ0v) is 9.59. The molecule has 15 heavy (non-hydrogen) atoms. The molecule has 4 nitrogen and oxygen atoms in total. The Hall–Kier alpha value is -0.620. The Bertz CT molecular complexity index is 339. The van der Waals surface area contributed by atoms with Crippen LogP contribution in [-0.4, -0.2) is 28.9 Å². The zero-order valence-electron chi connectivity index (χ0n) is 8.01. The van der Waals surface area contributed by atoms with Crippen molar-refractivity contribution in [2.75, 3.05) is 6.61 Å². The van der Waals surface area contributed by atoms with Gasteiger partial charge in [-0.15, -0.1) is 11.3 Å². The SMILES string of the molecule is CCOC(=O)C(O)C(O)c1ccc(Cl)s1. The van der Waals surface area contributed by atoms with Gasteiger partial charge >= 0.3 is 5.97 Å². The lowest BCUT2D eigenvalue weighted by atomic mass is 10.2. The molecule has 2 N–H and O–H groups in total. The maximum atomic E-state index is 11.1. The van der Waals surface area contributed by atoms with E-state index in [9.17, 15) is 15.0 Å². The number of rotatable bonds is 4. The van der Waals surface area contributed by atoms with Crippen molar-refractivity contribution in [3.8, 4) is 0 Å². The summed E-state index contributed by atoms with van der Waals surface area (Å²) in [5.74, 6) is -0.838. The monoisotopic (exact) mass is 250 g/mol. The molecule has 0 bridgehead atoms. The molecule has 0 aromatic carbocycles. The molecule has 0 aliphatic heterocycles. The number of aliphatic hydroxyl groups is 2. The van der Waals surface area contributed by atoms with Crippen molar-refractivity contribution in [2.24, 2.45) is 0 Å². The highest BCUT2D eigenvalue weighted by Gasteiger charge is 2.27. The molecule has 0 fully saturated rings. The van der Waals surface area contributed by atoms with E-state index in [4.69, 9.17) is 11.6 Å². The minimum absolute atomic E-state index is 0.161. The van der Waals surface area contributed by atoms with Gasteiger partial charge in [-0.1, -0.05) is 11.6 Å². The molecule has 1 heterocycles. The van der Waals surface area contributed by atoms with Crippen LogP contribution in [0.4, 0.5) is 0 Å². The third-order valence-electron chi connectivity index (χ3n) is 1.71. The highest BCUT2D eigenvalue weighted by atomic mass is 35.5. The first kappa shape index (κ1) is 12.4. The van der Waals surface area contributed by atoms with Crippen LogP contribution in [0.5, 0.6) is 0 Å². The summed E-state index contributed by atoms with van der Waals surface area (Å²) in [7, 11) is 0. The maximum absolute atomic E-state index is 11.1. The van der Waals surface area contributed by atoms with Gasteiger partial charge in [-0.3, -0.25) is 0 Å². The Balaban J connectivity index is 2.67. The van der Waals surface area contributed by atoms with Crippen LogP contribution < -0.4 is 0 Å². The van der Waals surface area contributed by atoms with Gasteiger partial charge in [0.2, 0.25) is 0 Å². The fourth-order valence-corrected chi connectivity index (χ4v) is 2.08. The van der Waals surface area contributed by atoms with Crippen LogP contribution in [0.15, 0.2) is 12.1 Å². The Morgan fingerprint density at radius 2 is 2.27 bits per heavy atom. The van der Waals surface area contributed by atoms with E-state index in [-0.39, 0.29) is 6.61 Å². The number of aliphatic hydroxyl groups excluding tert-OH is 2. The molecule has 0 radical (unpaired) electrons. The fourth-order valence-electron chi connectivity index (χ4n) is 0.999. The summed E-state index contributed by atoms with van der Waals surface area (Å²) in [6.45, 7) is 1.78. The van der Waals surface area contributed by atoms with Crippen molar-refractivity contribution in [1.29, 1.82) is 0 Å². The van der Waals surface area contributed by atoms with Gasteiger partial charge in [0.05, 0.1) is 10.9 Å². The minimum atomic E-state index is -1.57. The van der Waals surface area contributed by atoms with Gasteiger partial charge in [0, 0.05) is 4.88 Å². The van der Waals surface area contributed by atoms with Crippen LogP contribution in [0.1, 0.15) is 17.9 Å². The van der Waals surface area contributed by atoms with E-state index >= 15 is 0 Å². The molecule has 0 amide bonds. The van der Waals surface area contributed by atoms with Gasteiger partial charge in [0.15, 0.2) is 6.10 Å². The molecule has 1 aromatic heterocycles. The van der Waals surface area contributed by atoms with E-state index in [0.717, 1.165) is 11.3 Å². The summed E-state index contributed by atoms with van der Waals surface area (Å²) in [5.41, 5.74) is 0. The largest absolute Gasteiger partial charge is 0.464 e. The van der Waals surface area contributed by atoms with Crippen molar-refractivity contribution in [1.82, 2.24) is 0 Å². The second-order valence-corrected chi connectivity index (χ2v) is 4.53. The van der Waals surface area contributed by atoms with Gasteiger partial charge in [-0.25, -0.2) is 4.79 Å². The normalized spacial score (nSPS) is 14.7. The van der Waals surface area contributed by atoms with Crippen molar-refractivity contribution < 1.29 is 19.7 Å². The van der Waals surface area contributed by atoms with Gasteiger partial charge < -0.3 is 14.9 Å². The van der Waals surface area contributed by atoms with E-state index in [1.54, 1.807) is 19.1 Å². The van der Waals surface area contributed by atoms with Crippen molar-refractivity contribution >= 4 is 28.9 Å². The molecule has 0 aliphatic rings. The van der Waals surface area contributed by atoms with Gasteiger partial charge in [0.25, 0.3) is 0 Å². The highest BCUT2D eigenvalue weighted by Crippen LogP contribution is 2.28. The molecule has 6 heteroatoms. The molecule has 1 rings (SSSR count). The molecule has 0 saturated heterocycles. The molecule has 2 atom stereocenters. The number of esters is 1. The highest BCUT2D eigenvalue weighted by molar-refractivity contribution is 7.16. The molecule has 2 unspecified atom stereocenters. The first-order valence-electron chi connectivity index (χ1n) is 4.34. The van der Waals surface area contributed by atoms with Crippen molar-refractivity contribution in [3.05, 3.63) is 21.3 Å². The van der Waals surface area contributed by atoms with Crippen LogP contribution in [0.3, 0.4) is 0 Å². The topological polar surface area (TPSA) is 66.8 Å². The smallest absolute Gasteiger partial charge is 0.338 e. The quantitative estimate of drug-likeness (QED) is 0.792. The van der Waals surface area contributed by atoms with Crippen molar-refractivity contribution in [3.63, 3.8) is 0 Å². The predicted molar refractivity (Wildman–Crippen MR) is 56.9 cm³/mol. The molecule has 0 saturated carbocycles. The summed E-state index contributed by atoms with van der Waals surface area (Å²) in [6, 6.07) is 3.14. The van der Waals surface area contributed by atoms with E-state index in [2.05, 4.69) is 4.74 Å².